The largest absolute Gasteiger partial charge is 0.493 e. The summed E-state index contributed by atoms with van der Waals surface area (Å²) in [6.45, 7) is 0.586. The SMILES string of the molecule is O=C(Cc1csc(-c2cccc(F)c2)n1)NC1CCOc2ccccc21. The molecule has 0 radical (unpaired) electrons. The van der Waals surface area contributed by atoms with Crippen LogP contribution < -0.4 is 10.1 Å². The zero-order chi connectivity index (χ0) is 17.9. The van der Waals surface area contributed by atoms with Crippen LogP contribution in [0.2, 0.25) is 0 Å². The standard InChI is InChI=1S/C20H17FN2O2S/c21-14-5-3-4-13(10-14)20-22-15(12-26-20)11-19(24)23-17-8-9-25-18-7-2-1-6-16(17)18/h1-7,10,12,17H,8-9,11H2,(H,23,24). The number of halogens is 1. The van der Waals surface area contributed by atoms with E-state index in [0.29, 0.717) is 17.3 Å². The highest BCUT2D eigenvalue weighted by Crippen LogP contribution is 2.31. The maximum Gasteiger partial charge on any atom is 0.226 e. The van der Waals surface area contributed by atoms with Crippen LogP contribution in [-0.4, -0.2) is 17.5 Å². The van der Waals surface area contributed by atoms with Crippen LogP contribution in [0, 0.1) is 5.82 Å². The molecule has 0 saturated carbocycles. The van der Waals surface area contributed by atoms with Gasteiger partial charge in [-0.15, -0.1) is 11.3 Å². The molecule has 3 aromatic rings. The molecular formula is C20H17FN2O2S. The van der Waals surface area contributed by atoms with E-state index in [0.717, 1.165) is 23.3 Å². The molecule has 0 spiro atoms. The molecule has 6 heteroatoms. The van der Waals surface area contributed by atoms with Gasteiger partial charge in [0, 0.05) is 22.9 Å². The van der Waals surface area contributed by atoms with Gasteiger partial charge in [-0.3, -0.25) is 4.79 Å². The molecule has 26 heavy (non-hydrogen) atoms. The lowest BCUT2D eigenvalue weighted by Crippen LogP contribution is -2.33. The minimum atomic E-state index is -0.296. The van der Waals surface area contributed by atoms with E-state index in [2.05, 4.69) is 10.3 Å². The first-order valence-electron chi connectivity index (χ1n) is 8.40. The van der Waals surface area contributed by atoms with Crippen molar-refractivity contribution in [1.82, 2.24) is 10.3 Å². The van der Waals surface area contributed by atoms with Crippen LogP contribution in [-0.2, 0) is 11.2 Å². The molecule has 1 aromatic heterocycles. The maximum atomic E-state index is 13.4. The predicted molar refractivity (Wildman–Crippen MR) is 98.6 cm³/mol. The number of carbonyl (C=O) groups excluding carboxylic acids is 1. The number of para-hydroxylation sites is 1. The topological polar surface area (TPSA) is 51.2 Å². The lowest BCUT2D eigenvalue weighted by Gasteiger charge is -2.26. The van der Waals surface area contributed by atoms with Crippen molar-refractivity contribution in [2.24, 2.45) is 0 Å². The number of rotatable bonds is 4. The molecule has 1 N–H and O–H groups in total. The van der Waals surface area contributed by atoms with Gasteiger partial charge in [0.1, 0.15) is 16.6 Å². The molecule has 4 rings (SSSR count). The number of ether oxygens (including phenoxy) is 1. The van der Waals surface area contributed by atoms with Gasteiger partial charge in [-0.1, -0.05) is 30.3 Å². The minimum Gasteiger partial charge on any atom is -0.493 e. The normalized spacial score (nSPS) is 15.8. The van der Waals surface area contributed by atoms with E-state index in [1.54, 1.807) is 6.07 Å². The summed E-state index contributed by atoms with van der Waals surface area (Å²) in [5.74, 6) is 0.448. The fourth-order valence-corrected chi connectivity index (χ4v) is 3.86. The lowest BCUT2D eigenvalue weighted by molar-refractivity contribution is -0.121. The van der Waals surface area contributed by atoms with Crippen molar-refractivity contribution in [3.63, 3.8) is 0 Å². The Kier molecular flexibility index (Phi) is 4.67. The predicted octanol–water partition coefficient (Wildman–Crippen LogP) is 4.13. The van der Waals surface area contributed by atoms with E-state index in [1.165, 1.54) is 23.5 Å². The Labute approximate surface area is 154 Å². The smallest absolute Gasteiger partial charge is 0.226 e. The summed E-state index contributed by atoms with van der Waals surface area (Å²) in [4.78, 5) is 16.9. The van der Waals surface area contributed by atoms with Crippen LogP contribution in [0.5, 0.6) is 5.75 Å². The minimum absolute atomic E-state index is 0.0474. The average Bonchev–Trinajstić information content (AvgIpc) is 3.10. The molecule has 1 atom stereocenters. The van der Waals surface area contributed by atoms with Crippen molar-refractivity contribution in [2.45, 2.75) is 18.9 Å². The number of aromatic nitrogens is 1. The first kappa shape index (κ1) is 16.7. The number of fused-ring (bicyclic) bond motifs is 1. The van der Waals surface area contributed by atoms with E-state index in [9.17, 15) is 9.18 Å². The summed E-state index contributed by atoms with van der Waals surface area (Å²) in [5.41, 5.74) is 2.41. The Balaban J connectivity index is 1.43. The number of benzene rings is 2. The second-order valence-electron chi connectivity index (χ2n) is 6.13. The second kappa shape index (κ2) is 7.25. The molecule has 0 saturated heterocycles. The first-order chi connectivity index (χ1) is 12.7. The molecule has 2 heterocycles. The van der Waals surface area contributed by atoms with Gasteiger partial charge < -0.3 is 10.1 Å². The third-order valence-electron chi connectivity index (χ3n) is 4.26. The molecule has 132 valence electrons. The fraction of sp³-hybridized carbons (Fsp3) is 0.200. The summed E-state index contributed by atoms with van der Waals surface area (Å²) >= 11 is 1.41. The quantitative estimate of drug-likeness (QED) is 0.753. The highest BCUT2D eigenvalue weighted by atomic mass is 32.1. The molecule has 1 aliphatic heterocycles. The first-order valence-corrected chi connectivity index (χ1v) is 9.28. The van der Waals surface area contributed by atoms with Crippen LogP contribution >= 0.6 is 11.3 Å². The molecule has 0 fully saturated rings. The van der Waals surface area contributed by atoms with Crippen LogP contribution in [0.15, 0.2) is 53.9 Å². The highest BCUT2D eigenvalue weighted by molar-refractivity contribution is 7.13. The summed E-state index contributed by atoms with van der Waals surface area (Å²) in [5, 5.41) is 5.62. The Morgan fingerprint density at radius 2 is 2.15 bits per heavy atom. The average molecular weight is 368 g/mol. The van der Waals surface area contributed by atoms with Crippen LogP contribution in [0.25, 0.3) is 10.6 Å². The van der Waals surface area contributed by atoms with Crippen LogP contribution in [0.3, 0.4) is 0 Å². The van der Waals surface area contributed by atoms with Gasteiger partial charge in [0.15, 0.2) is 0 Å². The Hall–Kier alpha value is -2.73. The molecule has 2 aromatic carbocycles. The zero-order valence-electron chi connectivity index (χ0n) is 13.9. The number of hydrogen-bond donors (Lipinski definition) is 1. The molecule has 0 aliphatic carbocycles. The second-order valence-corrected chi connectivity index (χ2v) is 6.98. The Morgan fingerprint density at radius 1 is 1.27 bits per heavy atom. The van der Waals surface area contributed by atoms with Crippen molar-refractivity contribution >= 4 is 17.2 Å². The maximum absolute atomic E-state index is 13.4. The van der Waals surface area contributed by atoms with E-state index < -0.39 is 0 Å². The van der Waals surface area contributed by atoms with Crippen molar-refractivity contribution in [1.29, 1.82) is 0 Å². The van der Waals surface area contributed by atoms with Gasteiger partial charge in [-0.2, -0.15) is 0 Å². The van der Waals surface area contributed by atoms with Gasteiger partial charge in [0.05, 0.1) is 24.8 Å². The lowest BCUT2D eigenvalue weighted by atomic mass is 10.0. The van der Waals surface area contributed by atoms with E-state index >= 15 is 0 Å². The van der Waals surface area contributed by atoms with Gasteiger partial charge in [0.25, 0.3) is 0 Å². The summed E-state index contributed by atoms with van der Waals surface area (Å²) in [6, 6.07) is 14.0. The van der Waals surface area contributed by atoms with Crippen molar-refractivity contribution in [3.05, 3.63) is 71.0 Å². The van der Waals surface area contributed by atoms with Crippen LogP contribution in [0.4, 0.5) is 4.39 Å². The molecular weight excluding hydrogens is 351 g/mol. The van der Waals surface area contributed by atoms with Gasteiger partial charge >= 0.3 is 0 Å². The van der Waals surface area contributed by atoms with Crippen LogP contribution in [0.1, 0.15) is 23.7 Å². The summed E-state index contributed by atoms with van der Waals surface area (Å²) < 4.78 is 19.0. The van der Waals surface area contributed by atoms with Crippen molar-refractivity contribution in [3.8, 4) is 16.3 Å². The number of carbonyl (C=O) groups is 1. The number of thiazole rings is 1. The van der Waals surface area contributed by atoms with Gasteiger partial charge in [0.2, 0.25) is 5.91 Å². The Morgan fingerprint density at radius 3 is 3.04 bits per heavy atom. The number of nitrogens with one attached hydrogen (secondary N) is 1. The number of nitrogens with zero attached hydrogens (tertiary/aromatic N) is 1. The zero-order valence-corrected chi connectivity index (χ0v) is 14.8. The Bertz CT molecular complexity index is 941. The molecule has 0 bridgehead atoms. The monoisotopic (exact) mass is 368 g/mol. The molecule has 4 nitrogen and oxygen atoms in total. The molecule has 1 amide bonds. The number of amides is 1. The van der Waals surface area contributed by atoms with E-state index in [1.807, 2.05) is 35.7 Å². The third kappa shape index (κ3) is 3.60. The fourth-order valence-electron chi connectivity index (χ4n) is 3.04. The number of hydrogen-bond acceptors (Lipinski definition) is 4. The van der Waals surface area contributed by atoms with E-state index in [4.69, 9.17) is 4.74 Å². The van der Waals surface area contributed by atoms with E-state index in [-0.39, 0.29) is 24.2 Å². The van der Waals surface area contributed by atoms with Gasteiger partial charge in [-0.05, 0) is 18.2 Å². The summed E-state index contributed by atoms with van der Waals surface area (Å²) in [7, 11) is 0. The highest BCUT2D eigenvalue weighted by Gasteiger charge is 2.22. The summed E-state index contributed by atoms with van der Waals surface area (Å²) in [6.07, 6.45) is 0.944. The third-order valence-corrected chi connectivity index (χ3v) is 5.20. The van der Waals surface area contributed by atoms with Gasteiger partial charge in [-0.25, -0.2) is 9.37 Å². The molecule has 1 aliphatic rings. The van der Waals surface area contributed by atoms with Crippen molar-refractivity contribution < 1.29 is 13.9 Å². The van der Waals surface area contributed by atoms with Crippen molar-refractivity contribution in [2.75, 3.05) is 6.61 Å². The molecule has 1 unspecified atom stereocenters.